The lowest BCUT2D eigenvalue weighted by atomic mass is 10.00. The Morgan fingerprint density at radius 2 is 0.915 bits per heavy atom. The van der Waals surface area contributed by atoms with Crippen LogP contribution in [0.1, 0.15) is 33.1 Å². The highest BCUT2D eigenvalue weighted by atomic mass is 16.2. The van der Waals surface area contributed by atoms with E-state index < -0.39 is 0 Å². The maximum atomic E-state index is 13.1. The summed E-state index contributed by atoms with van der Waals surface area (Å²) in [6, 6.07) is 53.0. The van der Waals surface area contributed by atoms with E-state index in [0.717, 1.165) is 89.2 Å². The van der Waals surface area contributed by atoms with Gasteiger partial charge in [0.25, 0.3) is 5.91 Å². The molecule has 10 rings (SSSR count). The molecule has 59 heavy (non-hydrogen) atoms. The Kier molecular flexibility index (Phi) is 9.17. The number of nitrogens with zero attached hydrogens (tertiary/aromatic N) is 4. The second-order valence-electron chi connectivity index (χ2n) is 14.1. The van der Waals surface area contributed by atoms with Crippen molar-refractivity contribution in [3.8, 4) is 44.5 Å². The molecule has 2 aliphatic rings. The van der Waals surface area contributed by atoms with Crippen molar-refractivity contribution >= 4 is 58.0 Å². The first-order valence-electron chi connectivity index (χ1n) is 19.3. The van der Waals surface area contributed by atoms with Gasteiger partial charge in [-0.25, -0.2) is 15.4 Å². The van der Waals surface area contributed by atoms with Gasteiger partial charge >= 0.3 is 0 Å². The molecule has 0 spiro atoms. The molecule has 0 unspecified atom stereocenters. The fourth-order valence-electron chi connectivity index (χ4n) is 7.77. The number of aromatic amines is 2. The van der Waals surface area contributed by atoms with Crippen LogP contribution in [-0.2, 0) is 0 Å². The number of fused-ring (bicyclic) bond motifs is 8. The lowest BCUT2D eigenvalue weighted by Gasteiger charge is -2.07. The van der Waals surface area contributed by atoms with E-state index in [0.29, 0.717) is 11.3 Å². The number of rotatable bonds is 7. The minimum absolute atomic E-state index is 0.342. The van der Waals surface area contributed by atoms with Crippen molar-refractivity contribution in [3.05, 3.63) is 198 Å². The van der Waals surface area contributed by atoms with Crippen molar-refractivity contribution in [1.29, 1.82) is 0 Å². The molecule has 3 N–H and O–H groups in total. The first kappa shape index (κ1) is 35.2. The van der Waals surface area contributed by atoms with E-state index in [4.69, 9.17) is 9.97 Å². The third kappa shape index (κ3) is 6.85. The van der Waals surface area contributed by atoms with Crippen molar-refractivity contribution in [2.24, 2.45) is 5.10 Å². The van der Waals surface area contributed by atoms with Gasteiger partial charge in [-0.15, -0.1) is 0 Å². The number of carbonyl (C=O) groups excluding carboxylic acids is 1. The van der Waals surface area contributed by atoms with E-state index >= 15 is 0 Å². The third-order valence-electron chi connectivity index (χ3n) is 10.5. The molecule has 1 amide bonds. The van der Waals surface area contributed by atoms with Gasteiger partial charge in [-0.3, -0.25) is 9.78 Å². The lowest BCUT2D eigenvalue weighted by Crippen LogP contribution is -2.17. The average Bonchev–Trinajstić information content (AvgIpc) is 4.13. The summed E-state index contributed by atoms with van der Waals surface area (Å²) in [5, 5.41) is 4.49. The summed E-state index contributed by atoms with van der Waals surface area (Å²) in [5.41, 5.74) is 18.3. The highest BCUT2D eigenvalue weighted by Crippen LogP contribution is 2.40. The molecule has 8 aromatic rings. The predicted molar refractivity (Wildman–Crippen MR) is 240 cm³/mol. The summed E-state index contributed by atoms with van der Waals surface area (Å²) < 4.78 is 0. The van der Waals surface area contributed by atoms with Crippen LogP contribution < -0.4 is 5.43 Å². The van der Waals surface area contributed by atoms with Crippen LogP contribution in [0.5, 0.6) is 0 Å². The molecule has 8 bridgehead atoms. The van der Waals surface area contributed by atoms with E-state index in [1.54, 1.807) is 30.7 Å². The molecular weight excluding hydrogens is 727 g/mol. The van der Waals surface area contributed by atoms with Crippen LogP contribution in [0.15, 0.2) is 175 Å². The van der Waals surface area contributed by atoms with Gasteiger partial charge < -0.3 is 9.97 Å². The van der Waals surface area contributed by atoms with Crippen LogP contribution in [0.4, 0.5) is 0 Å². The molecular formula is C51H35N7O. The number of pyridine rings is 1. The number of hydrogen-bond donors (Lipinski definition) is 3. The van der Waals surface area contributed by atoms with Gasteiger partial charge in [-0.2, -0.15) is 5.10 Å². The number of aromatic nitrogens is 5. The number of benzene rings is 4. The summed E-state index contributed by atoms with van der Waals surface area (Å²) in [6.07, 6.45) is 11.1. The van der Waals surface area contributed by atoms with Crippen LogP contribution in [0.3, 0.4) is 0 Å². The Bertz CT molecular complexity index is 3110. The molecule has 8 heteroatoms. The van der Waals surface area contributed by atoms with E-state index in [1.807, 2.05) is 66.7 Å². The second kappa shape index (κ2) is 15.4. The summed E-state index contributed by atoms with van der Waals surface area (Å²) in [5.74, 6) is -0.342. The monoisotopic (exact) mass is 761 g/mol. The largest absolute Gasteiger partial charge is 0.354 e. The van der Waals surface area contributed by atoms with Crippen LogP contribution in [0.2, 0.25) is 0 Å². The molecule has 280 valence electrons. The summed E-state index contributed by atoms with van der Waals surface area (Å²) >= 11 is 0. The zero-order valence-electron chi connectivity index (χ0n) is 31.7. The predicted octanol–water partition coefficient (Wildman–Crippen LogP) is 11.5. The Labute approximate surface area is 340 Å². The van der Waals surface area contributed by atoms with Gasteiger partial charge in [0.1, 0.15) is 0 Å². The number of amides is 1. The third-order valence-corrected chi connectivity index (χ3v) is 10.5. The van der Waals surface area contributed by atoms with Crippen LogP contribution in [0.25, 0.3) is 90.4 Å². The van der Waals surface area contributed by atoms with Gasteiger partial charge in [0, 0.05) is 67.9 Å². The highest BCUT2D eigenvalue weighted by molar-refractivity contribution is 6.20. The zero-order valence-corrected chi connectivity index (χ0v) is 31.7. The molecule has 4 aromatic heterocycles. The van der Waals surface area contributed by atoms with Gasteiger partial charge in [-0.05, 0) is 76.9 Å². The number of nitrogens with one attached hydrogen (secondary N) is 3. The fourth-order valence-corrected chi connectivity index (χ4v) is 7.77. The van der Waals surface area contributed by atoms with Gasteiger partial charge in [0.05, 0.1) is 29.0 Å². The Hall–Kier alpha value is -8.23. The summed E-state index contributed by atoms with van der Waals surface area (Å²) in [4.78, 5) is 35.6. The number of H-pyrrole nitrogens is 2. The van der Waals surface area contributed by atoms with E-state index in [-0.39, 0.29) is 5.91 Å². The number of hydrogen-bond acceptors (Lipinski definition) is 5. The van der Waals surface area contributed by atoms with Crippen molar-refractivity contribution in [2.45, 2.75) is 0 Å². The van der Waals surface area contributed by atoms with Gasteiger partial charge in [0.15, 0.2) is 0 Å². The van der Waals surface area contributed by atoms with Gasteiger partial charge in [0.2, 0.25) is 0 Å². The van der Waals surface area contributed by atoms with E-state index in [9.17, 15) is 4.79 Å². The highest BCUT2D eigenvalue weighted by Gasteiger charge is 2.22. The Morgan fingerprint density at radius 3 is 1.39 bits per heavy atom. The molecule has 0 atom stereocenters. The molecule has 0 aliphatic carbocycles. The first-order valence-corrected chi connectivity index (χ1v) is 19.3. The van der Waals surface area contributed by atoms with Crippen molar-refractivity contribution in [1.82, 2.24) is 30.3 Å². The molecule has 6 heterocycles. The summed E-state index contributed by atoms with van der Waals surface area (Å²) in [6.45, 7) is 0. The molecule has 8 nitrogen and oxygen atoms in total. The maximum absolute atomic E-state index is 13.1. The van der Waals surface area contributed by atoms with E-state index in [1.165, 1.54) is 0 Å². The summed E-state index contributed by atoms with van der Waals surface area (Å²) in [7, 11) is 0. The molecule has 0 fully saturated rings. The Morgan fingerprint density at radius 1 is 0.492 bits per heavy atom. The lowest BCUT2D eigenvalue weighted by molar-refractivity contribution is 0.0955. The minimum atomic E-state index is -0.342. The van der Waals surface area contributed by atoms with Crippen LogP contribution >= 0.6 is 0 Å². The number of carbonyl (C=O) groups is 1. The molecule has 2 aliphatic heterocycles. The number of allylic oxidation sites excluding steroid dienone is 1. The van der Waals surface area contributed by atoms with Crippen molar-refractivity contribution < 1.29 is 4.79 Å². The normalized spacial score (nSPS) is 12.1. The molecule has 4 aromatic carbocycles. The standard InChI is InChI=1S/C51H35N7O/c59-51(37-27-29-52-30-28-37)58-53-32-38-31-45-48(35-17-9-3-10-18-35)43-24-23-41(55-43)46(33-13-5-1-6-14-33)39-21-22-40(54-39)47(34-15-7-2-8-16-34)42-25-26-44(56-42)49(50(38)57-45)36-19-11-4-12-20-36/h1-32,55-56H,(H,58,59)/b46-39?,46-41?,47-40?,47-42?,48-43?,48-45?,49-44?,50-49?,53-32+. The van der Waals surface area contributed by atoms with Crippen molar-refractivity contribution in [3.63, 3.8) is 0 Å². The molecule has 0 radical (unpaired) electrons. The average molecular weight is 762 g/mol. The molecule has 0 saturated heterocycles. The topological polar surface area (TPSA) is 112 Å². The molecule has 0 saturated carbocycles. The fraction of sp³-hybridized carbons (Fsp3) is 0. The zero-order chi connectivity index (χ0) is 39.5. The van der Waals surface area contributed by atoms with Crippen LogP contribution in [-0.4, -0.2) is 37.0 Å². The minimum Gasteiger partial charge on any atom is -0.354 e. The van der Waals surface area contributed by atoms with Gasteiger partial charge in [-0.1, -0.05) is 121 Å². The first-order chi connectivity index (χ1) is 29.2. The SMILES string of the molecule is O=C(N/N=C/C1=Cc2nc1c(-c1ccccc1)c1ccc([nH]1)c(-c1ccccc1)c1nc(c(-c3ccccc3)c3ccc([nH]3)c2-c2ccccc2)C=C1)c1ccncc1. The van der Waals surface area contributed by atoms with E-state index in [2.05, 4.69) is 123 Å². The Balaban J connectivity index is 1.34. The smallest absolute Gasteiger partial charge is 0.271 e. The maximum Gasteiger partial charge on any atom is 0.271 e. The van der Waals surface area contributed by atoms with Crippen LogP contribution in [0, 0.1) is 0 Å². The quantitative estimate of drug-likeness (QED) is 0.111. The second-order valence-corrected chi connectivity index (χ2v) is 14.1. The van der Waals surface area contributed by atoms with Crippen molar-refractivity contribution in [2.75, 3.05) is 0 Å². The number of hydrazone groups is 1.